The van der Waals surface area contributed by atoms with Crippen LogP contribution in [0.5, 0.6) is 0 Å². The monoisotopic (exact) mass is 313 g/mol. The normalized spacial score (nSPS) is 13.7. The van der Waals surface area contributed by atoms with E-state index in [0.29, 0.717) is 5.56 Å². The summed E-state index contributed by atoms with van der Waals surface area (Å²) in [6.45, 7) is 1.72. The smallest absolute Gasteiger partial charge is 0.244 e. The average Bonchev–Trinajstić information content (AvgIpc) is 2.24. The molecule has 18 heavy (non-hydrogen) atoms. The van der Waals surface area contributed by atoms with Crippen LogP contribution in [0.2, 0.25) is 0 Å². The molecule has 1 rings (SSSR count). The molecule has 5 nitrogen and oxygen atoms in total. The zero-order valence-electron chi connectivity index (χ0n) is 10.0. The minimum Gasteiger partial charge on any atom is -0.368 e. The molecule has 5 N–H and O–H groups in total. The molecule has 0 heterocycles. The third-order valence-electron chi connectivity index (χ3n) is 2.28. The standard InChI is InChI=1S/C12H16BrN3O2/c1-7(14)5-10(17)16-11(12(15)18)8-3-2-4-9(13)6-8/h2-4,6-7,11H,5,14H2,1H3,(H2,15,18)(H,16,17). The van der Waals surface area contributed by atoms with Crippen molar-refractivity contribution in [2.75, 3.05) is 0 Å². The third kappa shape index (κ3) is 4.46. The molecule has 2 unspecified atom stereocenters. The first kappa shape index (κ1) is 14.7. The van der Waals surface area contributed by atoms with Crippen LogP contribution in [-0.4, -0.2) is 17.9 Å². The SMILES string of the molecule is CC(N)CC(=O)NC(C(N)=O)c1cccc(Br)c1. The van der Waals surface area contributed by atoms with Gasteiger partial charge in [0.25, 0.3) is 0 Å². The number of carbonyl (C=O) groups is 2. The lowest BCUT2D eigenvalue weighted by molar-refractivity contribution is -0.127. The van der Waals surface area contributed by atoms with Crippen molar-refractivity contribution in [1.82, 2.24) is 5.32 Å². The Kier molecular flexibility index (Phi) is 5.30. The fourth-order valence-electron chi connectivity index (χ4n) is 1.52. The summed E-state index contributed by atoms with van der Waals surface area (Å²) in [6.07, 6.45) is 0.151. The minimum atomic E-state index is -0.839. The Morgan fingerprint density at radius 3 is 2.61 bits per heavy atom. The van der Waals surface area contributed by atoms with Crippen LogP contribution < -0.4 is 16.8 Å². The van der Waals surface area contributed by atoms with E-state index >= 15 is 0 Å². The Hall–Kier alpha value is -1.40. The molecule has 0 aliphatic rings. The molecule has 0 aromatic heterocycles. The second-order valence-corrected chi connectivity index (χ2v) is 5.05. The molecule has 0 saturated heterocycles. The van der Waals surface area contributed by atoms with Gasteiger partial charge < -0.3 is 16.8 Å². The van der Waals surface area contributed by atoms with Gasteiger partial charge in [-0.25, -0.2) is 0 Å². The van der Waals surface area contributed by atoms with Crippen LogP contribution >= 0.6 is 15.9 Å². The number of nitrogens with one attached hydrogen (secondary N) is 1. The summed E-state index contributed by atoms with van der Waals surface area (Å²) in [5, 5.41) is 2.58. The molecule has 0 radical (unpaired) electrons. The van der Waals surface area contributed by atoms with Crippen LogP contribution in [0.15, 0.2) is 28.7 Å². The molecule has 0 aliphatic carbocycles. The van der Waals surface area contributed by atoms with Gasteiger partial charge in [-0.05, 0) is 24.6 Å². The number of halogens is 1. The Labute approximate surface area is 114 Å². The van der Waals surface area contributed by atoms with Crippen LogP contribution in [0.3, 0.4) is 0 Å². The highest BCUT2D eigenvalue weighted by Crippen LogP contribution is 2.18. The summed E-state index contributed by atoms with van der Waals surface area (Å²) in [4.78, 5) is 23.0. The molecule has 0 spiro atoms. The number of hydrogen-bond donors (Lipinski definition) is 3. The first-order chi connectivity index (χ1) is 8.40. The highest BCUT2D eigenvalue weighted by Gasteiger charge is 2.20. The van der Waals surface area contributed by atoms with Gasteiger partial charge in [0.1, 0.15) is 6.04 Å². The summed E-state index contributed by atoms with van der Waals surface area (Å²) in [7, 11) is 0. The van der Waals surface area contributed by atoms with Crippen LogP contribution in [0.4, 0.5) is 0 Å². The van der Waals surface area contributed by atoms with Crippen molar-refractivity contribution in [2.24, 2.45) is 11.5 Å². The predicted molar refractivity (Wildman–Crippen MR) is 72.5 cm³/mol. The van der Waals surface area contributed by atoms with Crippen molar-refractivity contribution < 1.29 is 9.59 Å². The maximum atomic E-state index is 11.6. The number of hydrogen-bond acceptors (Lipinski definition) is 3. The quantitative estimate of drug-likeness (QED) is 0.751. The molecular formula is C12H16BrN3O2. The number of nitrogens with two attached hydrogens (primary N) is 2. The molecule has 0 fully saturated rings. The van der Waals surface area contributed by atoms with Gasteiger partial charge in [0.05, 0.1) is 0 Å². The van der Waals surface area contributed by atoms with E-state index in [1.54, 1.807) is 25.1 Å². The molecule has 2 amide bonds. The Bertz CT molecular complexity index is 449. The molecule has 2 atom stereocenters. The number of primary amides is 1. The van der Waals surface area contributed by atoms with Gasteiger partial charge >= 0.3 is 0 Å². The summed E-state index contributed by atoms with van der Waals surface area (Å²) in [5.41, 5.74) is 11.5. The van der Waals surface area contributed by atoms with Crippen LogP contribution in [0, 0.1) is 0 Å². The molecule has 0 bridgehead atoms. The topological polar surface area (TPSA) is 98.2 Å². The molecule has 0 saturated carbocycles. The summed E-state index contributed by atoms with van der Waals surface area (Å²) in [6, 6.07) is 5.96. The number of amides is 2. The molecule has 6 heteroatoms. The van der Waals surface area contributed by atoms with Crippen molar-refractivity contribution in [3.63, 3.8) is 0 Å². The van der Waals surface area contributed by atoms with Gasteiger partial charge in [0.15, 0.2) is 0 Å². The van der Waals surface area contributed by atoms with Gasteiger partial charge in [-0.1, -0.05) is 28.1 Å². The molecule has 1 aromatic carbocycles. The second kappa shape index (κ2) is 6.51. The maximum Gasteiger partial charge on any atom is 0.244 e. The van der Waals surface area contributed by atoms with Crippen molar-refractivity contribution >= 4 is 27.7 Å². The van der Waals surface area contributed by atoms with E-state index < -0.39 is 11.9 Å². The highest BCUT2D eigenvalue weighted by atomic mass is 79.9. The Morgan fingerprint density at radius 2 is 2.11 bits per heavy atom. The van der Waals surface area contributed by atoms with E-state index in [4.69, 9.17) is 11.5 Å². The first-order valence-corrected chi connectivity index (χ1v) is 6.29. The van der Waals surface area contributed by atoms with Crippen LogP contribution in [0.25, 0.3) is 0 Å². The fraction of sp³-hybridized carbons (Fsp3) is 0.333. The van der Waals surface area contributed by atoms with E-state index in [1.807, 2.05) is 6.07 Å². The number of rotatable bonds is 5. The number of benzene rings is 1. The van der Waals surface area contributed by atoms with Crippen molar-refractivity contribution in [1.29, 1.82) is 0 Å². The van der Waals surface area contributed by atoms with E-state index in [9.17, 15) is 9.59 Å². The maximum absolute atomic E-state index is 11.6. The van der Waals surface area contributed by atoms with E-state index in [2.05, 4.69) is 21.2 Å². The van der Waals surface area contributed by atoms with Crippen molar-refractivity contribution in [2.45, 2.75) is 25.4 Å². The lowest BCUT2D eigenvalue weighted by Gasteiger charge is -2.17. The fourth-order valence-corrected chi connectivity index (χ4v) is 1.93. The minimum absolute atomic E-state index is 0.151. The van der Waals surface area contributed by atoms with Crippen molar-refractivity contribution in [3.8, 4) is 0 Å². The van der Waals surface area contributed by atoms with Crippen LogP contribution in [0.1, 0.15) is 24.9 Å². The third-order valence-corrected chi connectivity index (χ3v) is 2.77. The van der Waals surface area contributed by atoms with Crippen molar-refractivity contribution in [3.05, 3.63) is 34.3 Å². The number of carbonyl (C=O) groups excluding carboxylic acids is 2. The van der Waals surface area contributed by atoms with E-state index in [-0.39, 0.29) is 18.4 Å². The van der Waals surface area contributed by atoms with Gasteiger partial charge in [0.2, 0.25) is 11.8 Å². The predicted octanol–water partition coefficient (Wildman–Crippen LogP) is 0.829. The molecule has 0 aliphatic heterocycles. The van der Waals surface area contributed by atoms with Gasteiger partial charge in [-0.15, -0.1) is 0 Å². The first-order valence-electron chi connectivity index (χ1n) is 5.50. The molecular weight excluding hydrogens is 298 g/mol. The largest absolute Gasteiger partial charge is 0.368 e. The zero-order chi connectivity index (χ0) is 13.7. The Morgan fingerprint density at radius 1 is 1.44 bits per heavy atom. The van der Waals surface area contributed by atoms with Gasteiger partial charge in [-0.3, -0.25) is 9.59 Å². The van der Waals surface area contributed by atoms with Gasteiger partial charge in [-0.2, -0.15) is 0 Å². The summed E-state index contributed by atoms with van der Waals surface area (Å²) < 4.78 is 0.813. The average molecular weight is 314 g/mol. The summed E-state index contributed by atoms with van der Waals surface area (Å²) in [5.74, 6) is -0.903. The van der Waals surface area contributed by atoms with E-state index in [0.717, 1.165) is 4.47 Å². The Balaban J connectivity index is 2.84. The molecule has 98 valence electrons. The zero-order valence-corrected chi connectivity index (χ0v) is 11.6. The second-order valence-electron chi connectivity index (χ2n) is 4.14. The lowest BCUT2D eigenvalue weighted by Crippen LogP contribution is -2.39. The summed E-state index contributed by atoms with van der Waals surface area (Å²) >= 11 is 3.30. The van der Waals surface area contributed by atoms with Gasteiger partial charge in [0, 0.05) is 16.9 Å². The lowest BCUT2D eigenvalue weighted by atomic mass is 10.1. The molecule has 1 aromatic rings. The highest BCUT2D eigenvalue weighted by molar-refractivity contribution is 9.10. The van der Waals surface area contributed by atoms with Crippen LogP contribution in [-0.2, 0) is 9.59 Å². The van der Waals surface area contributed by atoms with E-state index in [1.165, 1.54) is 0 Å².